The molecule has 192 valence electrons. The Labute approximate surface area is 225 Å². The molecule has 0 aliphatic heterocycles. The zero-order chi connectivity index (χ0) is 26.2. The number of halogens is 3. The van der Waals surface area contributed by atoms with E-state index in [1.165, 1.54) is 30.6 Å². The first kappa shape index (κ1) is 24.6. The number of amides is 1. The van der Waals surface area contributed by atoms with Crippen LogP contribution in [0, 0.1) is 11.6 Å². The summed E-state index contributed by atoms with van der Waals surface area (Å²) in [6, 6.07) is 10.9. The van der Waals surface area contributed by atoms with E-state index in [1.807, 2.05) is 4.57 Å². The number of nitrogens with one attached hydrogen (secondary N) is 1. The number of thiazole rings is 1. The van der Waals surface area contributed by atoms with Crippen LogP contribution in [-0.2, 0) is 0 Å². The van der Waals surface area contributed by atoms with Gasteiger partial charge >= 0.3 is 0 Å². The van der Waals surface area contributed by atoms with Crippen LogP contribution in [0.2, 0.25) is 4.34 Å². The van der Waals surface area contributed by atoms with Crippen LogP contribution in [0.4, 0.5) is 8.78 Å². The maximum Gasteiger partial charge on any atom is 0.280 e. The Bertz CT molecular complexity index is 1650. The lowest BCUT2D eigenvalue weighted by Gasteiger charge is -2.32. The van der Waals surface area contributed by atoms with E-state index in [-0.39, 0.29) is 23.7 Å². The summed E-state index contributed by atoms with van der Waals surface area (Å²) in [7, 11) is 0. The fourth-order valence-corrected chi connectivity index (χ4v) is 5.86. The molecule has 7 nitrogen and oxygen atoms in total. The molecule has 1 amide bonds. The maximum absolute atomic E-state index is 15.0. The predicted molar refractivity (Wildman–Crippen MR) is 142 cm³/mol. The molecule has 5 aromatic rings. The van der Waals surface area contributed by atoms with Gasteiger partial charge in [0.05, 0.1) is 29.2 Å². The van der Waals surface area contributed by atoms with Gasteiger partial charge in [-0.25, -0.2) is 18.7 Å². The summed E-state index contributed by atoms with van der Waals surface area (Å²) >= 11 is 7.08. The number of aromatic nitrogens is 5. The van der Waals surface area contributed by atoms with Crippen molar-refractivity contribution < 1.29 is 13.6 Å². The van der Waals surface area contributed by atoms with Crippen molar-refractivity contribution in [1.29, 1.82) is 0 Å². The zero-order valence-corrected chi connectivity index (χ0v) is 21.5. The number of hydrogen-bond donors (Lipinski definition) is 1. The third-order valence-electron chi connectivity index (χ3n) is 6.71. The van der Waals surface area contributed by atoms with Gasteiger partial charge in [-0.2, -0.15) is 0 Å². The topological polar surface area (TPSA) is 85.6 Å². The number of hydrogen-bond acceptors (Lipinski definition) is 6. The quantitative estimate of drug-likeness (QED) is 0.271. The Morgan fingerprint density at radius 2 is 1.89 bits per heavy atom. The molecule has 1 fully saturated rings. The van der Waals surface area contributed by atoms with Gasteiger partial charge in [0, 0.05) is 18.3 Å². The van der Waals surface area contributed by atoms with E-state index >= 15 is 0 Å². The highest BCUT2D eigenvalue weighted by molar-refractivity contribution is 7.17. The Kier molecular flexibility index (Phi) is 6.59. The van der Waals surface area contributed by atoms with Crippen molar-refractivity contribution in [2.75, 3.05) is 0 Å². The minimum absolute atomic E-state index is 0.0997. The summed E-state index contributed by atoms with van der Waals surface area (Å²) in [6.45, 7) is 0. The number of pyridine rings is 2. The fraction of sp³-hybridized carbons (Fsp3) is 0.222. The molecule has 1 aliphatic rings. The van der Waals surface area contributed by atoms with Crippen LogP contribution in [0.5, 0.6) is 0 Å². The maximum atomic E-state index is 15.0. The third kappa shape index (κ3) is 4.65. The number of carbonyl (C=O) groups excluding carboxylic acids is 1. The summed E-state index contributed by atoms with van der Waals surface area (Å²) in [5.41, 5.74) is 2.11. The number of benzene rings is 1. The summed E-state index contributed by atoms with van der Waals surface area (Å²) in [6.07, 6.45) is 7.58. The molecule has 1 aromatic carbocycles. The smallest absolute Gasteiger partial charge is 0.280 e. The molecule has 1 aliphatic carbocycles. The second kappa shape index (κ2) is 10.2. The molecule has 4 heterocycles. The molecule has 0 saturated heterocycles. The van der Waals surface area contributed by atoms with Gasteiger partial charge in [0.25, 0.3) is 5.91 Å². The van der Waals surface area contributed by atoms with Crippen molar-refractivity contribution in [1.82, 2.24) is 29.8 Å². The highest BCUT2D eigenvalue weighted by Gasteiger charge is 2.29. The lowest BCUT2D eigenvalue weighted by atomic mass is 9.90. The minimum Gasteiger partial charge on any atom is -0.347 e. The molecule has 1 N–H and O–H groups in total. The molecule has 11 heteroatoms. The van der Waals surface area contributed by atoms with Crippen LogP contribution in [0.1, 0.15) is 41.5 Å². The van der Waals surface area contributed by atoms with Crippen LogP contribution >= 0.6 is 22.9 Å². The largest absolute Gasteiger partial charge is 0.347 e. The molecule has 0 radical (unpaired) electrons. The van der Waals surface area contributed by atoms with Crippen molar-refractivity contribution in [2.24, 2.45) is 0 Å². The van der Waals surface area contributed by atoms with Crippen molar-refractivity contribution in [3.05, 3.63) is 82.0 Å². The molecule has 38 heavy (non-hydrogen) atoms. The van der Waals surface area contributed by atoms with E-state index in [0.717, 1.165) is 30.6 Å². The van der Waals surface area contributed by atoms with Crippen molar-refractivity contribution in [2.45, 2.75) is 37.8 Å². The minimum atomic E-state index is -0.484. The molecule has 1 saturated carbocycles. The van der Waals surface area contributed by atoms with Gasteiger partial charge in [-0.1, -0.05) is 35.1 Å². The number of imidazole rings is 1. The van der Waals surface area contributed by atoms with E-state index < -0.39 is 11.6 Å². The SMILES string of the molecule is O=C(N[C@H]1CCC[C@@H](n2c(-c3ccccc3F)nc3cnc(-c4ncccc4F)cc32)C1)c1ncc(Cl)s1. The van der Waals surface area contributed by atoms with E-state index in [1.54, 1.807) is 30.5 Å². The average molecular weight is 551 g/mol. The Morgan fingerprint density at radius 3 is 2.68 bits per heavy atom. The first-order chi connectivity index (χ1) is 18.5. The third-order valence-corrected chi connectivity index (χ3v) is 7.82. The van der Waals surface area contributed by atoms with Gasteiger partial charge in [0.2, 0.25) is 0 Å². The van der Waals surface area contributed by atoms with Crippen LogP contribution in [0.25, 0.3) is 33.8 Å². The Morgan fingerprint density at radius 1 is 1.05 bits per heavy atom. The molecule has 6 rings (SSSR count). The number of rotatable bonds is 5. The van der Waals surface area contributed by atoms with Crippen molar-refractivity contribution in [3.63, 3.8) is 0 Å². The Balaban J connectivity index is 1.42. The van der Waals surface area contributed by atoms with Gasteiger partial charge in [-0.05, 0) is 56.0 Å². The van der Waals surface area contributed by atoms with Crippen LogP contribution in [-0.4, -0.2) is 36.5 Å². The fourth-order valence-electron chi connectivity index (χ4n) is 5.04. The van der Waals surface area contributed by atoms with Crippen LogP contribution in [0.15, 0.2) is 61.1 Å². The number of nitrogens with zero attached hydrogens (tertiary/aromatic N) is 5. The average Bonchev–Trinajstić information content (AvgIpc) is 3.53. The lowest BCUT2D eigenvalue weighted by molar-refractivity contribution is 0.0920. The molecular formula is C27H21ClF2N6OS. The molecule has 4 aromatic heterocycles. The first-order valence-corrected chi connectivity index (χ1v) is 13.3. The summed E-state index contributed by atoms with van der Waals surface area (Å²) < 4.78 is 32.0. The summed E-state index contributed by atoms with van der Waals surface area (Å²) in [5, 5.41) is 3.38. The van der Waals surface area contributed by atoms with E-state index in [4.69, 9.17) is 16.6 Å². The standard InChI is InChI=1S/C27H21ClF2N6OS/c28-23-14-33-27(38-23)26(37)34-15-5-3-6-16(11-15)36-22-12-20(24-19(30)9-4-10-31-24)32-13-21(22)35-25(36)17-7-1-2-8-18(17)29/h1-2,4,7-10,12-16H,3,5-6,11H2,(H,34,37)/t15-,16+/m0/s1. The van der Waals surface area contributed by atoms with Crippen molar-refractivity contribution >= 4 is 39.9 Å². The summed E-state index contributed by atoms with van der Waals surface area (Å²) in [5.74, 6) is -0.687. The van der Waals surface area contributed by atoms with Gasteiger partial charge in [-0.15, -0.1) is 0 Å². The number of fused-ring (bicyclic) bond motifs is 1. The highest BCUT2D eigenvalue weighted by Crippen LogP contribution is 2.37. The normalized spacial score (nSPS) is 17.6. The molecule has 0 spiro atoms. The summed E-state index contributed by atoms with van der Waals surface area (Å²) in [4.78, 5) is 30.1. The highest BCUT2D eigenvalue weighted by atomic mass is 35.5. The molecular weight excluding hydrogens is 530 g/mol. The van der Waals surface area contributed by atoms with E-state index in [0.29, 0.717) is 43.9 Å². The second-order valence-corrected chi connectivity index (χ2v) is 10.8. The second-order valence-electron chi connectivity index (χ2n) is 9.14. The molecule has 2 atom stereocenters. The molecule has 0 bridgehead atoms. The van der Waals surface area contributed by atoms with E-state index in [2.05, 4.69) is 20.3 Å². The van der Waals surface area contributed by atoms with Gasteiger partial charge in [0.15, 0.2) is 10.8 Å². The van der Waals surface area contributed by atoms with Gasteiger partial charge in [0.1, 0.15) is 27.2 Å². The van der Waals surface area contributed by atoms with Crippen LogP contribution in [0.3, 0.4) is 0 Å². The van der Waals surface area contributed by atoms with Gasteiger partial charge < -0.3 is 9.88 Å². The lowest BCUT2D eigenvalue weighted by Crippen LogP contribution is -2.39. The Hall–Kier alpha value is -3.76. The van der Waals surface area contributed by atoms with Crippen LogP contribution < -0.4 is 5.32 Å². The van der Waals surface area contributed by atoms with E-state index in [9.17, 15) is 13.6 Å². The van der Waals surface area contributed by atoms with Gasteiger partial charge in [-0.3, -0.25) is 14.8 Å². The number of carbonyl (C=O) groups is 1. The molecule has 0 unspecified atom stereocenters. The first-order valence-electron chi connectivity index (χ1n) is 12.1. The van der Waals surface area contributed by atoms with Crippen molar-refractivity contribution in [3.8, 4) is 22.8 Å². The monoisotopic (exact) mass is 550 g/mol. The predicted octanol–water partition coefficient (Wildman–Crippen LogP) is 6.46. The zero-order valence-electron chi connectivity index (χ0n) is 19.9.